The Morgan fingerprint density at radius 1 is 1.39 bits per heavy atom. The minimum absolute atomic E-state index is 0.0817. The molecule has 1 atom stereocenters. The highest BCUT2D eigenvalue weighted by Gasteiger charge is 2.14. The molecule has 3 rings (SSSR count). The highest BCUT2D eigenvalue weighted by Crippen LogP contribution is 2.19. The lowest BCUT2D eigenvalue weighted by Gasteiger charge is -2.16. The van der Waals surface area contributed by atoms with Crippen LogP contribution in [0.3, 0.4) is 0 Å². The predicted octanol–water partition coefficient (Wildman–Crippen LogP) is 1.76. The summed E-state index contributed by atoms with van der Waals surface area (Å²) in [6.45, 7) is 2.41. The molecule has 3 aromatic rings. The van der Waals surface area contributed by atoms with Crippen molar-refractivity contribution in [2.75, 3.05) is 11.9 Å². The second-order valence-electron chi connectivity index (χ2n) is 5.45. The van der Waals surface area contributed by atoms with E-state index in [1.807, 2.05) is 37.4 Å². The van der Waals surface area contributed by atoms with Crippen LogP contribution in [0.5, 0.6) is 0 Å². The van der Waals surface area contributed by atoms with E-state index in [9.17, 15) is 9.90 Å². The normalized spacial score (nSPS) is 12.4. The molecule has 0 radical (unpaired) electrons. The van der Waals surface area contributed by atoms with Crippen LogP contribution < -0.4 is 10.9 Å². The largest absolute Gasteiger partial charge is 0.394 e. The Morgan fingerprint density at radius 2 is 2.22 bits per heavy atom. The van der Waals surface area contributed by atoms with Gasteiger partial charge < -0.3 is 20.0 Å². The summed E-state index contributed by atoms with van der Waals surface area (Å²) in [6.07, 6.45) is 5.79. The van der Waals surface area contributed by atoms with Crippen molar-refractivity contribution in [3.8, 4) is 0 Å². The van der Waals surface area contributed by atoms with Crippen molar-refractivity contribution >= 4 is 16.7 Å². The van der Waals surface area contributed by atoms with Crippen LogP contribution in [0.25, 0.3) is 10.9 Å². The molecule has 0 aliphatic rings. The molecule has 23 heavy (non-hydrogen) atoms. The fourth-order valence-electron chi connectivity index (χ4n) is 2.72. The summed E-state index contributed by atoms with van der Waals surface area (Å²) in [4.78, 5) is 19.5. The maximum atomic E-state index is 12.2. The van der Waals surface area contributed by atoms with E-state index in [0.717, 1.165) is 16.5 Å². The number of benzene rings is 1. The third-order valence-corrected chi connectivity index (χ3v) is 3.96. The number of hydrogen-bond acceptors (Lipinski definition) is 4. The van der Waals surface area contributed by atoms with E-state index in [1.165, 1.54) is 0 Å². The summed E-state index contributed by atoms with van der Waals surface area (Å²) in [7, 11) is 0. The van der Waals surface area contributed by atoms with E-state index in [2.05, 4.69) is 15.3 Å². The Balaban J connectivity index is 1.82. The summed E-state index contributed by atoms with van der Waals surface area (Å²) < 4.78 is 1.58. The number of aromatic amines is 1. The first-order valence-corrected chi connectivity index (χ1v) is 7.70. The maximum absolute atomic E-state index is 12.2. The minimum atomic E-state index is -0.276. The van der Waals surface area contributed by atoms with E-state index < -0.39 is 0 Å². The fourth-order valence-corrected chi connectivity index (χ4v) is 2.72. The maximum Gasteiger partial charge on any atom is 0.293 e. The van der Waals surface area contributed by atoms with Crippen LogP contribution in [0.4, 0.5) is 5.82 Å². The molecular formula is C17H20N4O2. The van der Waals surface area contributed by atoms with E-state index in [1.54, 1.807) is 17.0 Å². The number of aliphatic hydroxyl groups is 1. The first kappa shape index (κ1) is 15.3. The number of nitrogens with one attached hydrogen (secondary N) is 2. The van der Waals surface area contributed by atoms with Crippen molar-refractivity contribution in [3.05, 3.63) is 58.8 Å². The zero-order valence-electron chi connectivity index (χ0n) is 13.0. The summed E-state index contributed by atoms with van der Waals surface area (Å²) >= 11 is 0. The van der Waals surface area contributed by atoms with Gasteiger partial charge in [0.2, 0.25) is 0 Å². The number of aliphatic hydroxyl groups excluding tert-OH is 1. The van der Waals surface area contributed by atoms with Gasteiger partial charge in [0.25, 0.3) is 5.56 Å². The van der Waals surface area contributed by atoms with Crippen LogP contribution in [0.1, 0.15) is 12.5 Å². The molecule has 120 valence electrons. The predicted molar refractivity (Wildman–Crippen MR) is 90.7 cm³/mol. The topological polar surface area (TPSA) is 82.9 Å². The molecule has 0 spiro atoms. The van der Waals surface area contributed by atoms with Gasteiger partial charge in [-0.3, -0.25) is 4.79 Å². The highest BCUT2D eigenvalue weighted by molar-refractivity contribution is 5.83. The third-order valence-electron chi connectivity index (χ3n) is 3.96. The number of anilines is 1. The second-order valence-corrected chi connectivity index (χ2v) is 5.45. The second kappa shape index (κ2) is 6.66. The van der Waals surface area contributed by atoms with Crippen LogP contribution in [-0.2, 0) is 13.0 Å². The number of aryl methyl sites for hydroxylation is 1. The van der Waals surface area contributed by atoms with Gasteiger partial charge in [-0.15, -0.1) is 0 Å². The van der Waals surface area contributed by atoms with E-state index in [0.29, 0.717) is 13.0 Å². The lowest BCUT2D eigenvalue weighted by molar-refractivity contribution is 0.273. The van der Waals surface area contributed by atoms with Gasteiger partial charge in [-0.1, -0.05) is 18.2 Å². The summed E-state index contributed by atoms with van der Waals surface area (Å²) in [5, 5.41) is 13.9. The average molecular weight is 312 g/mol. The van der Waals surface area contributed by atoms with Crippen molar-refractivity contribution in [1.82, 2.24) is 14.5 Å². The lowest BCUT2D eigenvalue weighted by Crippen LogP contribution is -2.32. The average Bonchev–Trinajstić information content (AvgIpc) is 2.99. The van der Waals surface area contributed by atoms with Crippen molar-refractivity contribution in [2.24, 2.45) is 0 Å². The summed E-state index contributed by atoms with van der Waals surface area (Å²) in [5.41, 5.74) is 1.98. The first-order valence-electron chi connectivity index (χ1n) is 7.70. The zero-order valence-corrected chi connectivity index (χ0v) is 13.0. The quantitative estimate of drug-likeness (QED) is 0.648. The van der Waals surface area contributed by atoms with Crippen LogP contribution in [0, 0.1) is 0 Å². The van der Waals surface area contributed by atoms with Crippen molar-refractivity contribution in [2.45, 2.75) is 25.9 Å². The van der Waals surface area contributed by atoms with Crippen LogP contribution in [0.2, 0.25) is 0 Å². The van der Waals surface area contributed by atoms with Gasteiger partial charge in [-0.2, -0.15) is 0 Å². The smallest absolute Gasteiger partial charge is 0.293 e. The monoisotopic (exact) mass is 312 g/mol. The molecule has 3 N–H and O–H groups in total. The first-order chi connectivity index (χ1) is 11.2. The molecule has 6 nitrogen and oxygen atoms in total. The number of H-pyrrole nitrogens is 1. The molecule has 0 saturated carbocycles. The number of hydrogen-bond donors (Lipinski definition) is 3. The van der Waals surface area contributed by atoms with Gasteiger partial charge in [-0.25, -0.2) is 4.98 Å². The van der Waals surface area contributed by atoms with Crippen LogP contribution >= 0.6 is 0 Å². The van der Waals surface area contributed by atoms with E-state index >= 15 is 0 Å². The highest BCUT2D eigenvalue weighted by atomic mass is 16.3. The van der Waals surface area contributed by atoms with Crippen molar-refractivity contribution in [1.29, 1.82) is 0 Å². The molecule has 0 aliphatic heterocycles. The Morgan fingerprint density at radius 3 is 3.00 bits per heavy atom. The molecule has 0 amide bonds. The third kappa shape index (κ3) is 3.12. The van der Waals surface area contributed by atoms with Gasteiger partial charge >= 0.3 is 0 Å². The molecule has 2 aromatic heterocycles. The number of rotatable bonds is 6. The van der Waals surface area contributed by atoms with Crippen molar-refractivity contribution < 1.29 is 5.11 Å². The van der Waals surface area contributed by atoms with E-state index in [4.69, 9.17) is 0 Å². The SMILES string of the molecule is CCn1ccnc(N[C@@H](CO)Cc2c[nH]c3ccccc23)c1=O. The Kier molecular flexibility index (Phi) is 4.43. The Bertz CT molecular complexity index is 853. The lowest BCUT2D eigenvalue weighted by atomic mass is 10.1. The summed E-state index contributed by atoms with van der Waals surface area (Å²) in [6, 6.07) is 7.74. The zero-order chi connectivity index (χ0) is 16.2. The van der Waals surface area contributed by atoms with Crippen molar-refractivity contribution in [3.63, 3.8) is 0 Å². The van der Waals surface area contributed by atoms with Gasteiger partial charge in [0.1, 0.15) is 0 Å². The molecule has 0 aliphatic carbocycles. The molecule has 0 fully saturated rings. The summed E-state index contributed by atoms with van der Waals surface area (Å²) in [5.74, 6) is 0.272. The van der Waals surface area contributed by atoms with Crippen LogP contribution in [-0.4, -0.2) is 32.3 Å². The molecule has 6 heteroatoms. The van der Waals surface area contributed by atoms with Gasteiger partial charge in [-0.05, 0) is 25.0 Å². The van der Waals surface area contributed by atoms with Gasteiger partial charge in [0.15, 0.2) is 5.82 Å². The van der Waals surface area contributed by atoms with Crippen LogP contribution in [0.15, 0.2) is 47.7 Å². The number of aromatic nitrogens is 3. The Hall–Kier alpha value is -2.60. The molecule has 0 bridgehead atoms. The standard InChI is InChI=1S/C17H20N4O2/c1-2-21-8-7-18-16(17(21)23)20-13(11-22)9-12-10-19-15-6-4-3-5-14(12)15/h3-8,10,13,19,22H,2,9,11H2,1H3,(H,18,20)/t13-/m1/s1. The van der Waals surface area contributed by atoms with Gasteiger partial charge in [0.05, 0.1) is 12.6 Å². The molecule has 0 unspecified atom stereocenters. The molecule has 1 aromatic carbocycles. The Labute approximate surface area is 133 Å². The van der Waals surface area contributed by atoms with E-state index in [-0.39, 0.29) is 24.0 Å². The number of fused-ring (bicyclic) bond motifs is 1. The molecular weight excluding hydrogens is 292 g/mol. The fraction of sp³-hybridized carbons (Fsp3) is 0.294. The number of para-hydroxylation sites is 1. The molecule has 2 heterocycles. The minimum Gasteiger partial charge on any atom is -0.394 e. The van der Waals surface area contributed by atoms with Gasteiger partial charge in [0, 0.05) is 36.0 Å². The molecule has 0 saturated heterocycles. The number of nitrogens with zero attached hydrogens (tertiary/aromatic N) is 2.